The number of allylic oxidation sites excluding steroid dienone is 8. The minimum atomic E-state index is -0.776. The number of hydrogen-bond donors (Lipinski definition) is 0. The van der Waals surface area contributed by atoms with Crippen molar-refractivity contribution in [3.05, 3.63) is 48.6 Å². The Morgan fingerprint density at radius 3 is 0.753 bits per heavy atom. The summed E-state index contributed by atoms with van der Waals surface area (Å²) in [4.78, 5) is 38.5. The predicted molar refractivity (Wildman–Crippen MR) is 353 cm³/mol. The van der Waals surface area contributed by atoms with Gasteiger partial charge in [-0.15, -0.1) is 0 Å². The standard InChI is InChI=1S/C75H138O6/c1-4-7-10-13-16-19-22-25-28-30-32-34-35-36-37-38-39-41-42-44-47-50-53-56-59-62-65-68-74(77)80-71-72(70-79-73(76)67-64-61-58-55-52-49-46-27-24-21-18-15-12-9-6-3)81-75(78)69-66-63-60-57-54-51-48-45-43-40-33-31-29-26-23-20-17-14-11-8-5-2/h8,11,17,20,26,29,33,40,72H,4-7,9-10,12-16,18-19,21-25,27-28,30-32,34-39,41-71H2,1-3H3/b11-8-,20-17-,29-26-,40-33-. The molecule has 0 aromatic rings. The van der Waals surface area contributed by atoms with Crippen LogP contribution in [0.25, 0.3) is 0 Å². The molecular formula is C75H138O6. The van der Waals surface area contributed by atoms with Gasteiger partial charge in [-0.2, -0.15) is 0 Å². The number of rotatable bonds is 67. The van der Waals surface area contributed by atoms with Gasteiger partial charge >= 0.3 is 17.9 Å². The molecule has 474 valence electrons. The van der Waals surface area contributed by atoms with E-state index in [1.165, 1.54) is 263 Å². The Balaban J connectivity index is 4.25. The van der Waals surface area contributed by atoms with Crippen molar-refractivity contribution in [1.29, 1.82) is 0 Å². The topological polar surface area (TPSA) is 78.9 Å². The predicted octanol–water partition coefficient (Wildman–Crippen LogP) is 24.9. The fourth-order valence-corrected chi connectivity index (χ4v) is 11.0. The normalized spacial score (nSPS) is 12.3. The van der Waals surface area contributed by atoms with Gasteiger partial charge in [-0.25, -0.2) is 0 Å². The molecule has 0 rings (SSSR count). The van der Waals surface area contributed by atoms with Crippen LogP contribution in [0.15, 0.2) is 48.6 Å². The molecule has 1 unspecified atom stereocenters. The van der Waals surface area contributed by atoms with Gasteiger partial charge in [-0.1, -0.05) is 365 Å². The summed E-state index contributed by atoms with van der Waals surface area (Å²) < 4.78 is 17.0. The Hall–Kier alpha value is -2.63. The van der Waals surface area contributed by atoms with Crippen molar-refractivity contribution >= 4 is 17.9 Å². The SMILES string of the molecule is CC/C=C\C/C=C\C/C=C\C/C=C\CCCCCCCCCCC(=O)OC(COC(=O)CCCCCCCCCCCCCCCCC)COC(=O)CCCCCCCCCCCCCCCCCCCCCCCCCCCCC. The van der Waals surface area contributed by atoms with E-state index in [0.717, 1.165) is 89.9 Å². The van der Waals surface area contributed by atoms with E-state index in [2.05, 4.69) is 69.4 Å². The van der Waals surface area contributed by atoms with Crippen LogP contribution in [-0.4, -0.2) is 37.2 Å². The number of esters is 3. The van der Waals surface area contributed by atoms with E-state index in [0.29, 0.717) is 19.3 Å². The molecule has 0 aliphatic heterocycles. The molecule has 0 aromatic carbocycles. The Kier molecular flexibility index (Phi) is 67.6. The van der Waals surface area contributed by atoms with E-state index in [4.69, 9.17) is 14.2 Å². The maximum Gasteiger partial charge on any atom is 0.306 e. The van der Waals surface area contributed by atoms with Gasteiger partial charge in [0.25, 0.3) is 0 Å². The highest BCUT2D eigenvalue weighted by atomic mass is 16.6. The van der Waals surface area contributed by atoms with Crippen molar-refractivity contribution in [3.63, 3.8) is 0 Å². The molecule has 81 heavy (non-hydrogen) atoms. The summed E-state index contributed by atoms with van der Waals surface area (Å²) >= 11 is 0. The summed E-state index contributed by atoms with van der Waals surface area (Å²) in [5.41, 5.74) is 0. The third-order valence-electron chi connectivity index (χ3n) is 16.3. The fourth-order valence-electron chi connectivity index (χ4n) is 11.0. The number of ether oxygens (including phenoxy) is 3. The molecule has 0 saturated heterocycles. The van der Waals surface area contributed by atoms with Gasteiger partial charge < -0.3 is 14.2 Å². The molecule has 0 aromatic heterocycles. The molecular weight excluding hydrogens is 997 g/mol. The van der Waals surface area contributed by atoms with Gasteiger partial charge in [0.1, 0.15) is 13.2 Å². The van der Waals surface area contributed by atoms with Crippen LogP contribution in [0, 0.1) is 0 Å². The van der Waals surface area contributed by atoms with Crippen LogP contribution in [0.3, 0.4) is 0 Å². The zero-order chi connectivity index (χ0) is 58.5. The lowest BCUT2D eigenvalue weighted by molar-refractivity contribution is -0.167. The summed E-state index contributed by atoms with van der Waals surface area (Å²) in [5.74, 6) is -0.849. The first-order chi connectivity index (χ1) is 40.0. The monoisotopic (exact) mass is 1140 g/mol. The molecule has 6 nitrogen and oxygen atoms in total. The summed E-state index contributed by atoms with van der Waals surface area (Å²) in [6, 6.07) is 0. The number of carbonyl (C=O) groups excluding carboxylic acids is 3. The van der Waals surface area contributed by atoms with E-state index in [1.54, 1.807) is 0 Å². The lowest BCUT2D eigenvalue weighted by Crippen LogP contribution is -2.30. The molecule has 0 N–H and O–H groups in total. The fraction of sp³-hybridized carbons (Fsp3) is 0.853. The second kappa shape index (κ2) is 69.9. The molecule has 0 fully saturated rings. The number of hydrogen-bond acceptors (Lipinski definition) is 6. The Labute approximate surface area is 505 Å². The third kappa shape index (κ3) is 68.0. The van der Waals surface area contributed by atoms with Crippen LogP contribution in [0.5, 0.6) is 0 Å². The van der Waals surface area contributed by atoms with Crippen LogP contribution in [0.4, 0.5) is 0 Å². The summed E-state index contributed by atoms with van der Waals surface area (Å²) in [6.07, 6.45) is 88.6. The highest BCUT2D eigenvalue weighted by molar-refractivity contribution is 5.71. The number of carbonyl (C=O) groups is 3. The maximum absolute atomic E-state index is 13.0. The van der Waals surface area contributed by atoms with E-state index in [-0.39, 0.29) is 31.1 Å². The van der Waals surface area contributed by atoms with Crippen LogP contribution in [0.1, 0.15) is 393 Å². The van der Waals surface area contributed by atoms with Crippen LogP contribution < -0.4 is 0 Å². The van der Waals surface area contributed by atoms with E-state index in [1.807, 2.05) is 0 Å². The van der Waals surface area contributed by atoms with Gasteiger partial charge in [0.2, 0.25) is 0 Å². The highest BCUT2D eigenvalue weighted by Crippen LogP contribution is 2.19. The highest BCUT2D eigenvalue weighted by Gasteiger charge is 2.19. The minimum absolute atomic E-state index is 0.0708. The van der Waals surface area contributed by atoms with Crippen LogP contribution >= 0.6 is 0 Å². The largest absolute Gasteiger partial charge is 0.462 e. The Bertz CT molecular complexity index is 1400. The molecule has 0 amide bonds. The van der Waals surface area contributed by atoms with Gasteiger partial charge in [-0.05, 0) is 57.8 Å². The number of unbranched alkanes of at least 4 members (excludes halogenated alkanes) is 48. The van der Waals surface area contributed by atoms with Gasteiger partial charge in [0.15, 0.2) is 6.10 Å². The summed E-state index contributed by atoms with van der Waals surface area (Å²) in [7, 11) is 0. The first kappa shape index (κ1) is 78.4. The molecule has 0 bridgehead atoms. The molecule has 1 atom stereocenters. The zero-order valence-corrected chi connectivity index (χ0v) is 54.6. The first-order valence-corrected chi connectivity index (χ1v) is 36.1. The van der Waals surface area contributed by atoms with Crippen molar-refractivity contribution in [1.82, 2.24) is 0 Å². The van der Waals surface area contributed by atoms with Crippen molar-refractivity contribution in [2.24, 2.45) is 0 Å². The molecule has 0 aliphatic rings. The Morgan fingerprint density at radius 2 is 0.481 bits per heavy atom. The van der Waals surface area contributed by atoms with Crippen molar-refractivity contribution in [3.8, 4) is 0 Å². The molecule has 0 spiro atoms. The second-order valence-corrected chi connectivity index (χ2v) is 24.5. The lowest BCUT2D eigenvalue weighted by atomic mass is 10.0. The third-order valence-corrected chi connectivity index (χ3v) is 16.3. The van der Waals surface area contributed by atoms with Gasteiger partial charge in [-0.3, -0.25) is 14.4 Å². The quantitative estimate of drug-likeness (QED) is 0.0261. The van der Waals surface area contributed by atoms with E-state index >= 15 is 0 Å². The van der Waals surface area contributed by atoms with Gasteiger partial charge in [0, 0.05) is 19.3 Å². The van der Waals surface area contributed by atoms with E-state index < -0.39 is 6.10 Å². The summed E-state index contributed by atoms with van der Waals surface area (Å²) in [5, 5.41) is 0. The van der Waals surface area contributed by atoms with E-state index in [9.17, 15) is 14.4 Å². The van der Waals surface area contributed by atoms with Crippen molar-refractivity contribution in [2.45, 2.75) is 399 Å². The average Bonchev–Trinajstić information content (AvgIpc) is 3.47. The minimum Gasteiger partial charge on any atom is -0.462 e. The lowest BCUT2D eigenvalue weighted by Gasteiger charge is -2.18. The Morgan fingerprint density at radius 1 is 0.259 bits per heavy atom. The molecule has 0 aliphatic carbocycles. The average molecular weight is 1140 g/mol. The van der Waals surface area contributed by atoms with Gasteiger partial charge in [0.05, 0.1) is 0 Å². The van der Waals surface area contributed by atoms with Crippen molar-refractivity contribution < 1.29 is 28.6 Å². The second-order valence-electron chi connectivity index (χ2n) is 24.5. The van der Waals surface area contributed by atoms with Crippen LogP contribution in [-0.2, 0) is 28.6 Å². The smallest absolute Gasteiger partial charge is 0.306 e. The molecule has 6 heteroatoms. The zero-order valence-electron chi connectivity index (χ0n) is 54.6. The summed E-state index contributed by atoms with van der Waals surface area (Å²) in [6.45, 7) is 6.60. The molecule has 0 radical (unpaired) electrons. The maximum atomic E-state index is 13.0. The molecule has 0 saturated carbocycles. The van der Waals surface area contributed by atoms with Crippen LogP contribution in [0.2, 0.25) is 0 Å². The van der Waals surface area contributed by atoms with Crippen molar-refractivity contribution in [2.75, 3.05) is 13.2 Å². The first-order valence-electron chi connectivity index (χ1n) is 36.1. The molecule has 0 heterocycles.